The Hall–Kier alpha value is -3.15. The first-order valence-electron chi connectivity index (χ1n) is 10.4. The normalized spacial score (nSPS) is 12.1. The monoisotopic (exact) mass is 423 g/mol. The number of nitrogens with zero attached hydrogens (tertiary/aromatic N) is 1. The van der Waals surface area contributed by atoms with Crippen molar-refractivity contribution in [2.45, 2.75) is 53.0 Å². The van der Waals surface area contributed by atoms with Crippen molar-refractivity contribution in [1.29, 1.82) is 0 Å². The molecule has 2 aromatic carbocycles. The quantitative estimate of drug-likeness (QED) is 0.741. The highest BCUT2D eigenvalue weighted by molar-refractivity contribution is 5.99. The highest BCUT2D eigenvalue weighted by atomic mass is 16.2. The highest BCUT2D eigenvalue weighted by Crippen LogP contribution is 2.22. The molecule has 0 fully saturated rings. The summed E-state index contributed by atoms with van der Waals surface area (Å²) in [4.78, 5) is 38.8. The van der Waals surface area contributed by atoms with E-state index in [1.807, 2.05) is 44.2 Å². The maximum atomic E-state index is 12.6. The van der Waals surface area contributed by atoms with E-state index in [9.17, 15) is 14.4 Å². The van der Waals surface area contributed by atoms with Gasteiger partial charge >= 0.3 is 0 Å². The topological polar surface area (TPSA) is 78.5 Å². The Morgan fingerprint density at radius 3 is 2.19 bits per heavy atom. The number of likely N-dealkylation sites (N-methyl/N-ethyl adjacent to an activating group) is 1. The fraction of sp³-hybridized carbons (Fsp3) is 0.400. The summed E-state index contributed by atoms with van der Waals surface area (Å²) in [6, 6.07) is 12.3. The molecule has 0 bridgehead atoms. The molecular weight excluding hydrogens is 390 g/mol. The van der Waals surface area contributed by atoms with Crippen LogP contribution in [0.15, 0.2) is 42.5 Å². The smallest absolute Gasteiger partial charge is 0.251 e. The van der Waals surface area contributed by atoms with Crippen molar-refractivity contribution in [1.82, 2.24) is 10.2 Å². The molecule has 0 saturated carbocycles. The Morgan fingerprint density at radius 1 is 1.00 bits per heavy atom. The Kier molecular flexibility index (Phi) is 7.60. The molecule has 6 nitrogen and oxygen atoms in total. The summed E-state index contributed by atoms with van der Waals surface area (Å²) >= 11 is 0. The molecule has 2 N–H and O–H groups in total. The van der Waals surface area contributed by atoms with Crippen molar-refractivity contribution in [3.8, 4) is 0 Å². The minimum atomic E-state index is -0.756. The summed E-state index contributed by atoms with van der Waals surface area (Å²) in [5, 5.41) is 5.55. The van der Waals surface area contributed by atoms with Crippen LogP contribution in [0.4, 0.5) is 5.69 Å². The van der Waals surface area contributed by atoms with Crippen LogP contribution in [0.1, 0.15) is 54.7 Å². The Labute approximate surface area is 185 Å². The summed E-state index contributed by atoms with van der Waals surface area (Å²) in [6.07, 6.45) is 0. The van der Waals surface area contributed by atoms with Crippen molar-refractivity contribution in [3.63, 3.8) is 0 Å². The summed E-state index contributed by atoms with van der Waals surface area (Å²) < 4.78 is 0. The lowest BCUT2D eigenvalue weighted by atomic mass is 9.86. The van der Waals surface area contributed by atoms with E-state index < -0.39 is 6.04 Å². The van der Waals surface area contributed by atoms with Crippen LogP contribution in [0.3, 0.4) is 0 Å². The molecule has 2 aromatic rings. The molecule has 0 radical (unpaired) electrons. The molecule has 0 heterocycles. The van der Waals surface area contributed by atoms with Crippen LogP contribution >= 0.6 is 0 Å². The Balaban J connectivity index is 1.93. The number of carbonyl (C=O) groups excluding carboxylic acids is 3. The van der Waals surface area contributed by atoms with Gasteiger partial charge in [-0.2, -0.15) is 0 Å². The zero-order chi connectivity index (χ0) is 23.3. The zero-order valence-corrected chi connectivity index (χ0v) is 19.5. The molecule has 0 aliphatic carbocycles. The molecule has 3 amide bonds. The zero-order valence-electron chi connectivity index (χ0n) is 19.5. The van der Waals surface area contributed by atoms with Crippen LogP contribution in [0.5, 0.6) is 0 Å². The summed E-state index contributed by atoms with van der Waals surface area (Å²) in [7, 11) is 1.55. The van der Waals surface area contributed by atoms with Gasteiger partial charge < -0.3 is 15.5 Å². The van der Waals surface area contributed by atoms with Gasteiger partial charge in [0.2, 0.25) is 11.8 Å². The molecule has 0 aliphatic rings. The summed E-state index contributed by atoms with van der Waals surface area (Å²) in [5.74, 6) is -0.953. The van der Waals surface area contributed by atoms with Gasteiger partial charge in [-0.05, 0) is 61.1 Å². The van der Waals surface area contributed by atoms with Crippen molar-refractivity contribution in [2.24, 2.45) is 0 Å². The number of hydrogen-bond acceptors (Lipinski definition) is 3. The first kappa shape index (κ1) is 24.1. The fourth-order valence-corrected chi connectivity index (χ4v) is 3.16. The molecule has 166 valence electrons. The largest absolute Gasteiger partial charge is 0.341 e. The van der Waals surface area contributed by atoms with Gasteiger partial charge in [-0.25, -0.2) is 0 Å². The third-order valence-electron chi connectivity index (χ3n) is 5.37. The molecule has 6 heteroatoms. The van der Waals surface area contributed by atoms with Crippen LogP contribution in [-0.4, -0.2) is 42.3 Å². The highest BCUT2D eigenvalue weighted by Gasteiger charge is 2.22. The SMILES string of the molecule is Cc1cccc(NC(=O)CN(C)C(=O)C(C)NC(=O)c2ccc(C(C)(C)C)cc2)c1C. The van der Waals surface area contributed by atoms with Gasteiger partial charge in [0.15, 0.2) is 0 Å². The third kappa shape index (κ3) is 6.41. The van der Waals surface area contributed by atoms with E-state index in [0.717, 1.165) is 22.4 Å². The number of amides is 3. The van der Waals surface area contributed by atoms with Crippen LogP contribution in [0.25, 0.3) is 0 Å². The standard InChI is InChI=1S/C25H33N3O3/c1-16-9-8-10-21(17(16)2)27-22(29)15-28(7)24(31)18(3)26-23(30)19-11-13-20(14-12-19)25(4,5)6/h8-14,18H,15H2,1-7H3,(H,26,30)(H,27,29). The lowest BCUT2D eigenvalue weighted by molar-refractivity contribution is -0.134. The van der Waals surface area contributed by atoms with Gasteiger partial charge in [0.05, 0.1) is 6.54 Å². The van der Waals surface area contributed by atoms with E-state index >= 15 is 0 Å². The predicted molar refractivity (Wildman–Crippen MR) is 124 cm³/mol. The maximum absolute atomic E-state index is 12.6. The van der Waals surface area contributed by atoms with Crippen molar-refractivity contribution in [3.05, 3.63) is 64.7 Å². The fourth-order valence-electron chi connectivity index (χ4n) is 3.16. The van der Waals surface area contributed by atoms with Crippen molar-refractivity contribution < 1.29 is 14.4 Å². The number of hydrogen-bond donors (Lipinski definition) is 2. The molecule has 0 aromatic heterocycles. The molecule has 0 spiro atoms. The van der Waals surface area contributed by atoms with Crippen LogP contribution in [-0.2, 0) is 15.0 Å². The van der Waals surface area contributed by atoms with Crippen molar-refractivity contribution in [2.75, 3.05) is 18.9 Å². The summed E-state index contributed by atoms with van der Waals surface area (Å²) in [5.41, 5.74) is 4.41. The number of nitrogens with one attached hydrogen (secondary N) is 2. The van der Waals surface area contributed by atoms with Crippen LogP contribution < -0.4 is 10.6 Å². The van der Waals surface area contributed by atoms with E-state index in [1.165, 1.54) is 4.90 Å². The molecule has 1 atom stereocenters. The van der Waals surface area contributed by atoms with Gasteiger partial charge in [-0.1, -0.05) is 45.0 Å². The first-order valence-corrected chi connectivity index (χ1v) is 10.4. The Bertz CT molecular complexity index is 959. The second kappa shape index (κ2) is 9.77. The lowest BCUT2D eigenvalue weighted by Gasteiger charge is -2.22. The van der Waals surface area contributed by atoms with E-state index in [0.29, 0.717) is 5.56 Å². The molecule has 0 aliphatic heterocycles. The maximum Gasteiger partial charge on any atom is 0.251 e. The minimum Gasteiger partial charge on any atom is -0.341 e. The average Bonchev–Trinajstić information content (AvgIpc) is 2.70. The van der Waals surface area contributed by atoms with E-state index in [4.69, 9.17) is 0 Å². The van der Waals surface area contributed by atoms with Gasteiger partial charge in [0, 0.05) is 18.3 Å². The first-order chi connectivity index (χ1) is 14.4. The number of anilines is 1. The Morgan fingerprint density at radius 2 is 1.61 bits per heavy atom. The minimum absolute atomic E-state index is 0.00145. The number of rotatable bonds is 6. The van der Waals surface area contributed by atoms with Crippen molar-refractivity contribution >= 4 is 23.4 Å². The van der Waals surface area contributed by atoms with E-state index in [1.54, 1.807) is 26.1 Å². The van der Waals surface area contributed by atoms with E-state index in [2.05, 4.69) is 31.4 Å². The van der Waals surface area contributed by atoms with Gasteiger partial charge in [-0.3, -0.25) is 14.4 Å². The number of benzene rings is 2. The second-order valence-corrected chi connectivity index (χ2v) is 9.01. The molecule has 31 heavy (non-hydrogen) atoms. The third-order valence-corrected chi connectivity index (χ3v) is 5.37. The van der Waals surface area contributed by atoms with E-state index in [-0.39, 0.29) is 29.7 Å². The van der Waals surface area contributed by atoms with Gasteiger partial charge in [0.1, 0.15) is 6.04 Å². The molecule has 0 saturated heterocycles. The average molecular weight is 424 g/mol. The number of aryl methyl sites for hydroxylation is 1. The number of carbonyl (C=O) groups is 3. The van der Waals surface area contributed by atoms with Gasteiger partial charge in [-0.15, -0.1) is 0 Å². The van der Waals surface area contributed by atoms with Gasteiger partial charge in [0.25, 0.3) is 5.91 Å². The lowest BCUT2D eigenvalue weighted by Crippen LogP contribution is -2.47. The van der Waals surface area contributed by atoms with Crippen LogP contribution in [0.2, 0.25) is 0 Å². The summed E-state index contributed by atoms with van der Waals surface area (Å²) in [6.45, 7) is 11.7. The van der Waals surface area contributed by atoms with Crippen LogP contribution in [0, 0.1) is 13.8 Å². The molecule has 2 rings (SSSR count). The predicted octanol–water partition coefficient (Wildman–Crippen LogP) is 3.82. The molecule has 1 unspecified atom stereocenters. The second-order valence-electron chi connectivity index (χ2n) is 9.01. The molecular formula is C25H33N3O3.